The van der Waals surface area contributed by atoms with Gasteiger partial charge in [0.25, 0.3) is 0 Å². The number of hydrogen-bond acceptors (Lipinski definition) is 5. The Morgan fingerprint density at radius 2 is 1.83 bits per heavy atom. The molecule has 1 saturated heterocycles. The summed E-state index contributed by atoms with van der Waals surface area (Å²) in [5.74, 6) is 1.99. The maximum Gasteiger partial charge on any atom is 0.191 e. The van der Waals surface area contributed by atoms with Crippen molar-refractivity contribution in [3.8, 4) is 0 Å². The number of nitrogens with zero attached hydrogens (tertiary/aromatic N) is 4. The maximum atomic E-state index is 5.38. The van der Waals surface area contributed by atoms with Gasteiger partial charge in [-0.05, 0) is 18.4 Å². The van der Waals surface area contributed by atoms with Crippen molar-refractivity contribution in [3.63, 3.8) is 0 Å². The molecule has 164 valence electrons. The van der Waals surface area contributed by atoms with E-state index in [0.29, 0.717) is 12.5 Å². The molecule has 1 fully saturated rings. The van der Waals surface area contributed by atoms with Crippen molar-refractivity contribution < 1.29 is 4.52 Å². The van der Waals surface area contributed by atoms with Crippen LogP contribution in [0.3, 0.4) is 0 Å². The van der Waals surface area contributed by atoms with Crippen molar-refractivity contribution in [3.05, 3.63) is 53.4 Å². The molecular formula is C23H36N6O. The standard InChI is InChI=1S/C23H36N6O/c1-4-24-23(26-17-21-16-22(19(2)3)27-30-21)25-10-11-28-12-14-29(15-13-28)18-20-8-6-5-7-9-20/h5-9,16,19H,4,10-15,17-18H2,1-3H3,(H2,24,25,26). The van der Waals surface area contributed by atoms with E-state index in [4.69, 9.17) is 4.52 Å². The van der Waals surface area contributed by atoms with Gasteiger partial charge in [0.1, 0.15) is 6.54 Å². The van der Waals surface area contributed by atoms with Gasteiger partial charge in [-0.25, -0.2) is 4.99 Å². The first-order valence-corrected chi connectivity index (χ1v) is 11.1. The van der Waals surface area contributed by atoms with Crippen LogP contribution in [0.5, 0.6) is 0 Å². The Bertz CT molecular complexity index is 765. The van der Waals surface area contributed by atoms with Gasteiger partial charge in [-0.2, -0.15) is 0 Å². The van der Waals surface area contributed by atoms with E-state index in [1.54, 1.807) is 0 Å². The topological polar surface area (TPSA) is 68.9 Å². The fourth-order valence-corrected chi connectivity index (χ4v) is 3.52. The lowest BCUT2D eigenvalue weighted by molar-refractivity contribution is 0.129. The molecule has 7 heteroatoms. The lowest BCUT2D eigenvalue weighted by Crippen LogP contribution is -2.49. The quantitative estimate of drug-likeness (QED) is 0.488. The average molecular weight is 413 g/mol. The first-order valence-electron chi connectivity index (χ1n) is 11.1. The predicted molar refractivity (Wildman–Crippen MR) is 122 cm³/mol. The van der Waals surface area contributed by atoms with Crippen molar-refractivity contribution in [1.29, 1.82) is 0 Å². The molecule has 7 nitrogen and oxygen atoms in total. The second kappa shape index (κ2) is 11.7. The van der Waals surface area contributed by atoms with E-state index in [2.05, 4.69) is 81.7 Å². The van der Waals surface area contributed by atoms with Crippen LogP contribution in [0.1, 0.15) is 43.7 Å². The average Bonchev–Trinajstić information content (AvgIpc) is 3.23. The number of rotatable bonds is 9. The van der Waals surface area contributed by atoms with Crippen LogP contribution < -0.4 is 10.6 Å². The van der Waals surface area contributed by atoms with Crippen LogP contribution in [0.15, 0.2) is 45.9 Å². The zero-order chi connectivity index (χ0) is 21.2. The zero-order valence-electron chi connectivity index (χ0n) is 18.6. The third-order valence-corrected chi connectivity index (χ3v) is 5.34. The van der Waals surface area contributed by atoms with E-state index < -0.39 is 0 Å². The summed E-state index contributed by atoms with van der Waals surface area (Å²) in [6.45, 7) is 15.0. The van der Waals surface area contributed by atoms with Crippen molar-refractivity contribution in [1.82, 2.24) is 25.6 Å². The summed E-state index contributed by atoms with van der Waals surface area (Å²) in [5, 5.41) is 10.8. The SMILES string of the molecule is CCNC(=NCc1cc(C(C)C)no1)NCCN1CCN(Cc2ccccc2)CC1. The summed E-state index contributed by atoms with van der Waals surface area (Å²) >= 11 is 0. The van der Waals surface area contributed by atoms with E-state index in [0.717, 1.165) is 69.8 Å². The van der Waals surface area contributed by atoms with Crippen LogP contribution in [0.2, 0.25) is 0 Å². The second-order valence-electron chi connectivity index (χ2n) is 8.10. The number of aliphatic imine (C=N–C) groups is 1. The number of piperazine rings is 1. The number of guanidine groups is 1. The van der Waals surface area contributed by atoms with Crippen LogP contribution in [0, 0.1) is 0 Å². The molecule has 3 rings (SSSR count). The van der Waals surface area contributed by atoms with Gasteiger partial charge in [-0.3, -0.25) is 9.80 Å². The van der Waals surface area contributed by atoms with Crippen molar-refractivity contribution in [2.24, 2.45) is 4.99 Å². The Morgan fingerprint density at radius 1 is 1.10 bits per heavy atom. The van der Waals surface area contributed by atoms with E-state index in [1.807, 2.05) is 6.07 Å². The summed E-state index contributed by atoms with van der Waals surface area (Å²) in [5.41, 5.74) is 2.37. The highest BCUT2D eigenvalue weighted by Crippen LogP contribution is 2.14. The summed E-state index contributed by atoms with van der Waals surface area (Å²) in [7, 11) is 0. The van der Waals surface area contributed by atoms with Gasteiger partial charge in [0.05, 0.1) is 5.69 Å². The van der Waals surface area contributed by atoms with E-state index in [9.17, 15) is 0 Å². The first kappa shape index (κ1) is 22.3. The monoisotopic (exact) mass is 412 g/mol. The lowest BCUT2D eigenvalue weighted by Gasteiger charge is -2.34. The van der Waals surface area contributed by atoms with Crippen LogP contribution in [-0.4, -0.2) is 66.7 Å². The zero-order valence-corrected chi connectivity index (χ0v) is 18.6. The predicted octanol–water partition coefficient (Wildman–Crippen LogP) is 2.67. The summed E-state index contributed by atoms with van der Waals surface area (Å²) < 4.78 is 5.38. The van der Waals surface area contributed by atoms with Crippen LogP contribution in [-0.2, 0) is 13.1 Å². The first-order chi connectivity index (χ1) is 14.6. The molecule has 2 aromatic rings. The normalized spacial score (nSPS) is 16.2. The highest BCUT2D eigenvalue weighted by Gasteiger charge is 2.16. The van der Waals surface area contributed by atoms with Crippen LogP contribution in [0.25, 0.3) is 0 Å². The number of aromatic nitrogens is 1. The minimum absolute atomic E-state index is 0.367. The summed E-state index contributed by atoms with van der Waals surface area (Å²) in [6.07, 6.45) is 0. The number of nitrogens with one attached hydrogen (secondary N) is 2. The highest BCUT2D eigenvalue weighted by atomic mass is 16.5. The van der Waals surface area contributed by atoms with Crippen LogP contribution >= 0.6 is 0 Å². The van der Waals surface area contributed by atoms with Gasteiger partial charge in [-0.1, -0.05) is 49.3 Å². The fourth-order valence-electron chi connectivity index (χ4n) is 3.52. The number of hydrogen-bond donors (Lipinski definition) is 2. The molecule has 0 spiro atoms. The Morgan fingerprint density at radius 3 is 2.50 bits per heavy atom. The Kier molecular flexibility index (Phi) is 8.71. The van der Waals surface area contributed by atoms with Crippen molar-refractivity contribution >= 4 is 5.96 Å². The Balaban J connectivity index is 1.38. The smallest absolute Gasteiger partial charge is 0.191 e. The van der Waals surface area contributed by atoms with Crippen molar-refractivity contribution in [2.45, 2.75) is 39.8 Å². The van der Waals surface area contributed by atoms with E-state index >= 15 is 0 Å². The fraction of sp³-hybridized carbons (Fsp3) is 0.565. The third-order valence-electron chi connectivity index (χ3n) is 5.34. The van der Waals surface area contributed by atoms with Gasteiger partial charge >= 0.3 is 0 Å². The van der Waals surface area contributed by atoms with Gasteiger partial charge < -0.3 is 15.2 Å². The largest absolute Gasteiger partial charge is 0.359 e. The second-order valence-corrected chi connectivity index (χ2v) is 8.10. The third kappa shape index (κ3) is 7.15. The maximum absolute atomic E-state index is 5.38. The molecule has 1 aromatic heterocycles. The molecule has 0 bridgehead atoms. The molecule has 0 radical (unpaired) electrons. The molecule has 1 aliphatic rings. The molecule has 1 aliphatic heterocycles. The molecule has 1 aromatic carbocycles. The summed E-state index contributed by atoms with van der Waals surface area (Å²) in [6, 6.07) is 12.7. The molecule has 2 heterocycles. The molecule has 2 N–H and O–H groups in total. The molecule has 0 aliphatic carbocycles. The lowest BCUT2D eigenvalue weighted by atomic mass is 10.1. The molecular weight excluding hydrogens is 376 g/mol. The highest BCUT2D eigenvalue weighted by molar-refractivity contribution is 5.79. The van der Waals surface area contributed by atoms with Crippen molar-refractivity contribution in [2.75, 3.05) is 45.8 Å². The molecule has 0 amide bonds. The molecule has 0 atom stereocenters. The van der Waals surface area contributed by atoms with Gasteiger partial charge in [0.2, 0.25) is 0 Å². The Hall–Kier alpha value is -2.38. The Labute approximate surface area is 180 Å². The minimum Gasteiger partial charge on any atom is -0.359 e. The molecule has 30 heavy (non-hydrogen) atoms. The van der Waals surface area contributed by atoms with Gasteiger partial charge in [0, 0.05) is 58.4 Å². The van der Waals surface area contributed by atoms with Gasteiger partial charge in [-0.15, -0.1) is 0 Å². The summed E-state index contributed by atoms with van der Waals surface area (Å²) in [4.78, 5) is 9.68. The molecule has 0 unspecified atom stereocenters. The minimum atomic E-state index is 0.367. The molecule has 0 saturated carbocycles. The van der Waals surface area contributed by atoms with Crippen LogP contribution in [0.4, 0.5) is 0 Å². The van der Waals surface area contributed by atoms with Gasteiger partial charge in [0.15, 0.2) is 11.7 Å². The number of benzene rings is 1. The van der Waals surface area contributed by atoms with E-state index in [-0.39, 0.29) is 0 Å². The van der Waals surface area contributed by atoms with E-state index in [1.165, 1.54) is 5.56 Å².